The zero-order valence-corrected chi connectivity index (χ0v) is 14.6. The van der Waals surface area contributed by atoms with Crippen LogP contribution in [0.2, 0.25) is 0 Å². The van der Waals surface area contributed by atoms with Crippen molar-refractivity contribution in [2.24, 2.45) is 16.7 Å². The molecule has 130 valence electrons. The Morgan fingerprint density at radius 1 is 0.913 bits per heavy atom. The van der Waals surface area contributed by atoms with Gasteiger partial charge in [-0.05, 0) is 36.0 Å². The molecule has 11 heteroatoms. The molecule has 1 rings (SSSR count). The summed E-state index contributed by atoms with van der Waals surface area (Å²) in [6.07, 6.45) is 1.41. The first-order valence-corrected chi connectivity index (χ1v) is 10.1. The molecule has 0 spiro atoms. The number of rotatable bonds is 4. The van der Waals surface area contributed by atoms with Gasteiger partial charge in [0.2, 0.25) is 0 Å². The summed E-state index contributed by atoms with van der Waals surface area (Å²) in [4.78, 5) is 36.9. The standard InChI is InChI=1S/C12H26O7P2.2Na.2H/c1-10(2)5-9(6-11(3,4)8-10)7-12(13,20(14,15)16)21(17,18)19;;;;/h9,13H,5-8H2,1-4H3,(H2,14,15,16)(H2,17,18,19);;;;. The van der Waals surface area contributed by atoms with Crippen LogP contribution in [-0.2, 0) is 9.13 Å². The fourth-order valence-corrected chi connectivity index (χ4v) is 6.36. The summed E-state index contributed by atoms with van der Waals surface area (Å²) in [6.45, 7) is 8.04. The van der Waals surface area contributed by atoms with Gasteiger partial charge in [-0.3, -0.25) is 9.13 Å². The molecular weight excluding hydrogens is 364 g/mol. The van der Waals surface area contributed by atoms with Crippen molar-refractivity contribution in [3.05, 3.63) is 0 Å². The van der Waals surface area contributed by atoms with E-state index in [1.807, 2.05) is 27.7 Å². The van der Waals surface area contributed by atoms with Gasteiger partial charge in [-0.1, -0.05) is 27.7 Å². The van der Waals surface area contributed by atoms with E-state index < -0.39 is 26.7 Å². The summed E-state index contributed by atoms with van der Waals surface area (Å²) >= 11 is 0. The third-order valence-electron chi connectivity index (χ3n) is 4.14. The monoisotopic (exact) mass is 392 g/mol. The summed E-state index contributed by atoms with van der Waals surface area (Å²) in [6, 6.07) is 0. The second-order valence-corrected chi connectivity index (χ2v) is 11.9. The molecule has 0 atom stereocenters. The SMILES string of the molecule is CC1(C)CC(CC(O)(P(=O)(O)O)P(=O)(O)O)CC(C)(C)C1.[NaH].[NaH]. The van der Waals surface area contributed by atoms with E-state index in [1.54, 1.807) is 0 Å². The van der Waals surface area contributed by atoms with Crippen LogP contribution in [-0.4, -0.2) is 88.9 Å². The van der Waals surface area contributed by atoms with Crippen molar-refractivity contribution in [3.63, 3.8) is 0 Å². The van der Waals surface area contributed by atoms with E-state index in [1.165, 1.54) is 0 Å². The molecule has 1 saturated carbocycles. The molecule has 0 aliphatic heterocycles. The quantitative estimate of drug-likeness (QED) is 0.355. The van der Waals surface area contributed by atoms with Crippen LogP contribution in [0.3, 0.4) is 0 Å². The molecule has 0 aromatic carbocycles. The van der Waals surface area contributed by atoms with Crippen molar-refractivity contribution in [3.8, 4) is 0 Å². The van der Waals surface area contributed by atoms with Gasteiger partial charge in [0.15, 0.2) is 0 Å². The van der Waals surface area contributed by atoms with Crippen molar-refractivity contribution in [1.29, 1.82) is 0 Å². The zero-order chi connectivity index (χ0) is 16.9. The molecule has 0 amide bonds. The van der Waals surface area contributed by atoms with Crippen LogP contribution in [0.1, 0.15) is 53.4 Å². The van der Waals surface area contributed by atoms with E-state index in [-0.39, 0.29) is 75.9 Å². The summed E-state index contributed by atoms with van der Waals surface area (Å²) in [5.41, 5.74) is -0.228. The molecule has 0 heterocycles. The number of hydrogen-bond acceptors (Lipinski definition) is 3. The summed E-state index contributed by atoms with van der Waals surface area (Å²) in [5, 5.41) is 6.75. The Balaban J connectivity index is 0. The molecule has 0 bridgehead atoms. The van der Waals surface area contributed by atoms with Gasteiger partial charge in [0.05, 0.1) is 0 Å². The van der Waals surface area contributed by atoms with Crippen molar-refractivity contribution >= 4 is 74.3 Å². The van der Waals surface area contributed by atoms with Crippen molar-refractivity contribution < 1.29 is 33.8 Å². The fraction of sp³-hybridized carbons (Fsp3) is 1.00. The van der Waals surface area contributed by atoms with E-state index in [9.17, 15) is 33.8 Å². The first kappa shape index (κ1) is 27.5. The molecule has 0 aromatic heterocycles. The van der Waals surface area contributed by atoms with Crippen molar-refractivity contribution in [2.75, 3.05) is 0 Å². The van der Waals surface area contributed by atoms with Gasteiger partial charge in [-0.25, -0.2) is 0 Å². The summed E-state index contributed by atoms with van der Waals surface area (Å²) in [5.74, 6) is -0.367. The normalized spacial score (nSPS) is 22.0. The number of hydrogen-bond donors (Lipinski definition) is 5. The van der Waals surface area contributed by atoms with Crippen LogP contribution in [0, 0.1) is 16.7 Å². The maximum atomic E-state index is 11.4. The third kappa shape index (κ3) is 7.06. The molecule has 0 saturated heterocycles. The average molecular weight is 392 g/mol. The molecule has 7 nitrogen and oxygen atoms in total. The van der Waals surface area contributed by atoms with Gasteiger partial charge in [-0.2, -0.15) is 0 Å². The molecule has 1 fully saturated rings. The van der Waals surface area contributed by atoms with Gasteiger partial charge in [-0.15, -0.1) is 0 Å². The van der Waals surface area contributed by atoms with E-state index >= 15 is 0 Å². The summed E-state index contributed by atoms with van der Waals surface area (Å²) in [7, 11) is -10.7. The van der Waals surface area contributed by atoms with E-state index in [0.29, 0.717) is 12.8 Å². The van der Waals surface area contributed by atoms with Crippen LogP contribution >= 0.6 is 15.2 Å². The molecule has 5 N–H and O–H groups in total. The Morgan fingerprint density at radius 2 is 1.22 bits per heavy atom. The predicted octanol–water partition coefficient (Wildman–Crippen LogP) is 0.933. The van der Waals surface area contributed by atoms with Crippen molar-refractivity contribution in [1.82, 2.24) is 0 Å². The molecule has 1 aliphatic rings. The Morgan fingerprint density at radius 3 is 1.48 bits per heavy atom. The Hall–Kier alpha value is 2.26. The molecule has 23 heavy (non-hydrogen) atoms. The fourth-order valence-electron chi connectivity index (χ4n) is 4.01. The Labute approximate surface area is 181 Å². The molecular formula is C12H28Na2O7P2. The van der Waals surface area contributed by atoms with Gasteiger partial charge in [0.1, 0.15) is 0 Å². The zero-order valence-electron chi connectivity index (χ0n) is 12.9. The first-order valence-electron chi connectivity index (χ1n) is 6.83. The van der Waals surface area contributed by atoms with Crippen LogP contribution in [0.25, 0.3) is 0 Å². The second kappa shape index (κ2) is 8.52. The maximum absolute atomic E-state index is 11.4. The number of aliphatic hydroxyl groups is 1. The third-order valence-corrected chi connectivity index (χ3v) is 7.93. The summed E-state index contributed by atoms with van der Waals surface area (Å²) < 4.78 is 22.9. The minimum atomic E-state index is -5.37. The second-order valence-electron chi connectivity index (χ2n) is 7.85. The minimum absolute atomic E-state index is 0. The van der Waals surface area contributed by atoms with Crippen LogP contribution < -0.4 is 0 Å². The molecule has 0 unspecified atom stereocenters. The van der Waals surface area contributed by atoms with E-state index in [0.717, 1.165) is 6.42 Å². The van der Waals surface area contributed by atoms with Crippen LogP contribution in [0.4, 0.5) is 0 Å². The van der Waals surface area contributed by atoms with Crippen molar-refractivity contribution in [2.45, 2.75) is 58.5 Å². The molecule has 0 radical (unpaired) electrons. The topological polar surface area (TPSA) is 135 Å². The van der Waals surface area contributed by atoms with Gasteiger partial charge in [0.25, 0.3) is 5.08 Å². The van der Waals surface area contributed by atoms with Crippen LogP contribution in [0.15, 0.2) is 0 Å². The Kier molecular flexibility index (Phi) is 10.2. The van der Waals surface area contributed by atoms with Gasteiger partial charge < -0.3 is 24.7 Å². The average Bonchev–Trinajstić information content (AvgIpc) is 2.07. The first-order chi connectivity index (χ1) is 8.99. The van der Waals surface area contributed by atoms with E-state index in [2.05, 4.69) is 0 Å². The van der Waals surface area contributed by atoms with Gasteiger partial charge in [0, 0.05) is 6.42 Å². The predicted molar refractivity (Wildman–Crippen MR) is 92.9 cm³/mol. The molecule has 0 aromatic rings. The Bertz CT molecular complexity index is 460. The van der Waals surface area contributed by atoms with Gasteiger partial charge >= 0.3 is 74.3 Å². The molecule has 1 aliphatic carbocycles. The van der Waals surface area contributed by atoms with Crippen LogP contribution in [0.5, 0.6) is 0 Å². The van der Waals surface area contributed by atoms with E-state index in [4.69, 9.17) is 0 Å².